The van der Waals surface area contributed by atoms with Gasteiger partial charge in [0, 0.05) is 18.0 Å². The van der Waals surface area contributed by atoms with Crippen molar-refractivity contribution in [3.05, 3.63) is 42.5 Å². The summed E-state index contributed by atoms with van der Waals surface area (Å²) in [4.78, 5) is 19.7. The van der Waals surface area contributed by atoms with Crippen LogP contribution in [0.5, 0.6) is 0 Å². The fraction of sp³-hybridized carbons (Fsp3) is 0. The molecule has 3 heterocycles. The smallest absolute Gasteiger partial charge is 0.288 e. The minimum Gasteiger partial charge on any atom is -0.363 e. The predicted octanol–water partition coefficient (Wildman–Crippen LogP) is 1.90. The van der Waals surface area contributed by atoms with E-state index in [-0.39, 0.29) is 5.76 Å². The molecule has 0 bridgehead atoms. The van der Waals surface area contributed by atoms with E-state index in [0.29, 0.717) is 32.2 Å². The van der Waals surface area contributed by atoms with Crippen molar-refractivity contribution in [2.45, 2.75) is 0 Å². The van der Waals surface area contributed by atoms with Crippen molar-refractivity contribution in [3.8, 4) is 21.3 Å². The molecule has 3 aromatic heterocycles. The van der Waals surface area contributed by atoms with Gasteiger partial charge in [-0.05, 0) is 6.07 Å². The number of hydrogen-bond acceptors (Lipinski definition) is 8. The first-order valence-corrected chi connectivity index (χ1v) is 7.34. The summed E-state index contributed by atoms with van der Waals surface area (Å²) < 4.78 is 5.04. The first-order chi connectivity index (χ1) is 11.2. The van der Waals surface area contributed by atoms with Crippen LogP contribution in [-0.2, 0) is 0 Å². The van der Waals surface area contributed by atoms with Gasteiger partial charge in [-0.2, -0.15) is 0 Å². The normalized spacial score (nSPS) is 11.0. The summed E-state index contributed by atoms with van der Waals surface area (Å²) in [6, 6.07) is 5.35. The molecule has 2 N–H and O–H groups in total. The number of hydrogen-bond donors (Lipinski definition) is 1. The predicted molar refractivity (Wildman–Crippen MR) is 82.5 cm³/mol. The van der Waals surface area contributed by atoms with E-state index in [0.717, 1.165) is 0 Å². The van der Waals surface area contributed by atoms with Crippen LogP contribution in [0.4, 0.5) is 0 Å². The lowest BCUT2D eigenvalue weighted by atomic mass is 10.1. The Bertz CT molecular complexity index is 1010. The highest BCUT2D eigenvalue weighted by atomic mass is 32.1. The molecule has 0 unspecified atom stereocenters. The second kappa shape index (κ2) is 5.21. The highest BCUT2D eigenvalue weighted by Gasteiger charge is 2.20. The molecular weight excluding hydrogens is 316 g/mol. The van der Waals surface area contributed by atoms with Gasteiger partial charge in [-0.3, -0.25) is 14.8 Å². The molecule has 23 heavy (non-hydrogen) atoms. The number of aromatic nitrogens is 5. The highest BCUT2D eigenvalue weighted by Crippen LogP contribution is 2.34. The number of carbonyl (C=O) groups excluding carboxylic acids is 1. The Morgan fingerprint density at radius 1 is 1.17 bits per heavy atom. The van der Waals surface area contributed by atoms with E-state index in [1.54, 1.807) is 30.7 Å². The third-order valence-corrected chi connectivity index (χ3v) is 4.15. The van der Waals surface area contributed by atoms with E-state index in [4.69, 9.17) is 10.3 Å². The molecular formula is C14H8N6O2S. The van der Waals surface area contributed by atoms with Gasteiger partial charge in [0.2, 0.25) is 5.76 Å². The first-order valence-electron chi connectivity index (χ1n) is 6.52. The number of fused-ring (bicyclic) bond motifs is 1. The second-order valence-electron chi connectivity index (χ2n) is 4.58. The number of benzene rings is 1. The average molecular weight is 324 g/mol. The van der Waals surface area contributed by atoms with E-state index in [9.17, 15) is 4.79 Å². The van der Waals surface area contributed by atoms with Crippen molar-refractivity contribution >= 4 is 28.1 Å². The Kier molecular flexibility index (Phi) is 3.05. The molecule has 8 nitrogen and oxygen atoms in total. The monoisotopic (exact) mass is 324 g/mol. The number of amides is 1. The molecule has 0 aliphatic heterocycles. The Morgan fingerprint density at radius 2 is 2.04 bits per heavy atom. The fourth-order valence-corrected chi connectivity index (χ4v) is 3.02. The van der Waals surface area contributed by atoms with Crippen LogP contribution in [0.1, 0.15) is 10.6 Å². The maximum absolute atomic E-state index is 11.5. The highest BCUT2D eigenvalue weighted by molar-refractivity contribution is 7.18. The van der Waals surface area contributed by atoms with Gasteiger partial charge in [0.1, 0.15) is 16.2 Å². The van der Waals surface area contributed by atoms with Gasteiger partial charge in [0.25, 0.3) is 5.91 Å². The van der Waals surface area contributed by atoms with Gasteiger partial charge in [0.15, 0.2) is 5.01 Å². The molecule has 1 amide bonds. The molecule has 0 fully saturated rings. The third-order valence-electron chi connectivity index (χ3n) is 3.17. The zero-order valence-electron chi connectivity index (χ0n) is 11.5. The topological polar surface area (TPSA) is 121 Å². The van der Waals surface area contributed by atoms with Gasteiger partial charge in [-0.1, -0.05) is 28.6 Å². The Morgan fingerprint density at radius 3 is 2.83 bits per heavy atom. The van der Waals surface area contributed by atoms with Crippen LogP contribution in [0.15, 0.2) is 41.3 Å². The SMILES string of the molecule is NC(=O)c1onc2cccc(-c3nnc(-c4cnccn4)s3)c12. The van der Waals surface area contributed by atoms with Crippen molar-refractivity contribution in [3.63, 3.8) is 0 Å². The van der Waals surface area contributed by atoms with E-state index >= 15 is 0 Å². The third kappa shape index (κ3) is 2.23. The van der Waals surface area contributed by atoms with Crippen molar-refractivity contribution in [1.29, 1.82) is 0 Å². The summed E-state index contributed by atoms with van der Waals surface area (Å²) in [5.41, 5.74) is 7.19. The molecule has 0 saturated heterocycles. The van der Waals surface area contributed by atoms with Gasteiger partial charge < -0.3 is 10.3 Å². The largest absolute Gasteiger partial charge is 0.363 e. The lowest BCUT2D eigenvalue weighted by molar-refractivity contribution is 0.0967. The van der Waals surface area contributed by atoms with Gasteiger partial charge in [0.05, 0.1) is 11.6 Å². The summed E-state index contributed by atoms with van der Waals surface area (Å²) in [6.45, 7) is 0. The van der Waals surface area contributed by atoms with Gasteiger partial charge in [-0.15, -0.1) is 10.2 Å². The number of primary amides is 1. The number of rotatable bonds is 3. The Labute approximate surface area is 133 Å². The summed E-state index contributed by atoms with van der Waals surface area (Å²) >= 11 is 1.33. The van der Waals surface area contributed by atoms with E-state index in [1.807, 2.05) is 6.07 Å². The van der Waals surface area contributed by atoms with Gasteiger partial charge in [-0.25, -0.2) is 0 Å². The van der Waals surface area contributed by atoms with Crippen molar-refractivity contribution < 1.29 is 9.32 Å². The van der Waals surface area contributed by atoms with Crippen molar-refractivity contribution in [2.24, 2.45) is 5.73 Å². The first kappa shape index (κ1) is 13.5. The molecule has 4 rings (SSSR count). The minimum absolute atomic E-state index is 0.00635. The van der Waals surface area contributed by atoms with E-state index in [1.165, 1.54) is 11.3 Å². The zero-order valence-corrected chi connectivity index (χ0v) is 12.3. The average Bonchev–Trinajstić information content (AvgIpc) is 3.22. The van der Waals surface area contributed by atoms with Crippen LogP contribution >= 0.6 is 11.3 Å². The summed E-state index contributed by atoms with van der Waals surface area (Å²) in [5, 5.41) is 13.9. The second-order valence-corrected chi connectivity index (χ2v) is 5.56. The quantitative estimate of drug-likeness (QED) is 0.611. The summed E-state index contributed by atoms with van der Waals surface area (Å²) in [5.74, 6) is -0.675. The minimum atomic E-state index is -0.682. The molecule has 0 aliphatic carbocycles. The van der Waals surface area contributed by atoms with Crippen LogP contribution in [0, 0.1) is 0 Å². The Hall–Kier alpha value is -3.20. The molecule has 1 aromatic carbocycles. The maximum atomic E-state index is 11.5. The van der Waals surface area contributed by atoms with E-state index in [2.05, 4.69) is 25.3 Å². The summed E-state index contributed by atoms with van der Waals surface area (Å²) in [6.07, 6.45) is 4.78. The van der Waals surface area contributed by atoms with Crippen LogP contribution in [-0.4, -0.2) is 31.2 Å². The zero-order chi connectivity index (χ0) is 15.8. The molecule has 0 radical (unpaired) electrons. The molecule has 0 aliphatic rings. The number of nitrogens with zero attached hydrogens (tertiary/aromatic N) is 5. The molecule has 9 heteroatoms. The molecule has 4 aromatic rings. The van der Waals surface area contributed by atoms with Crippen LogP contribution < -0.4 is 5.73 Å². The van der Waals surface area contributed by atoms with Crippen LogP contribution in [0.3, 0.4) is 0 Å². The number of nitrogens with two attached hydrogens (primary N) is 1. The lowest BCUT2D eigenvalue weighted by Gasteiger charge is -1.97. The molecule has 0 spiro atoms. The van der Waals surface area contributed by atoms with Crippen LogP contribution in [0.25, 0.3) is 32.2 Å². The molecule has 112 valence electrons. The van der Waals surface area contributed by atoms with Crippen LogP contribution in [0.2, 0.25) is 0 Å². The van der Waals surface area contributed by atoms with E-state index < -0.39 is 5.91 Å². The summed E-state index contributed by atoms with van der Waals surface area (Å²) in [7, 11) is 0. The maximum Gasteiger partial charge on any atom is 0.288 e. The van der Waals surface area contributed by atoms with Crippen molar-refractivity contribution in [2.75, 3.05) is 0 Å². The lowest BCUT2D eigenvalue weighted by Crippen LogP contribution is -2.10. The molecule has 0 atom stereocenters. The molecule has 0 saturated carbocycles. The number of carbonyl (C=O) groups is 1. The van der Waals surface area contributed by atoms with Gasteiger partial charge >= 0.3 is 0 Å². The fourth-order valence-electron chi connectivity index (χ4n) is 2.19. The Balaban J connectivity index is 1.89. The standard InChI is InChI=1S/C14H8N6O2S/c15-12(21)11-10-7(2-1-3-8(10)20-22-11)13-18-19-14(23-13)9-6-16-4-5-17-9/h1-6H,(H2,15,21). The van der Waals surface area contributed by atoms with Crippen molar-refractivity contribution in [1.82, 2.24) is 25.3 Å².